The van der Waals surface area contributed by atoms with Crippen molar-refractivity contribution in [1.82, 2.24) is 0 Å². The molecule has 2 N–H and O–H groups in total. The van der Waals surface area contributed by atoms with E-state index in [0.29, 0.717) is 5.69 Å². The minimum atomic E-state index is -4.35. The lowest BCUT2D eigenvalue weighted by Crippen LogP contribution is -2.52. The second-order valence-electron chi connectivity index (χ2n) is 5.21. The van der Waals surface area contributed by atoms with Gasteiger partial charge >= 0.3 is 12.1 Å². The second kappa shape index (κ2) is 5.34. The lowest BCUT2D eigenvalue weighted by atomic mass is 9.75. The quantitative estimate of drug-likeness (QED) is 0.891. The molecule has 6 heteroatoms. The number of aliphatic carboxylic acids is 1. The van der Waals surface area contributed by atoms with Gasteiger partial charge in [-0.3, -0.25) is 0 Å². The summed E-state index contributed by atoms with van der Waals surface area (Å²) in [7, 11) is 0. The molecule has 0 aromatic heterocycles. The fourth-order valence-electron chi connectivity index (χ4n) is 2.71. The Morgan fingerprint density at radius 3 is 2.50 bits per heavy atom. The van der Waals surface area contributed by atoms with E-state index in [1.54, 1.807) is 30.3 Å². The van der Waals surface area contributed by atoms with Gasteiger partial charge < -0.3 is 10.4 Å². The average molecular weight is 287 g/mol. The van der Waals surface area contributed by atoms with E-state index in [1.165, 1.54) is 0 Å². The predicted octanol–water partition coefficient (Wildman–Crippen LogP) is 3.67. The molecule has 0 saturated heterocycles. The van der Waals surface area contributed by atoms with Crippen LogP contribution in [0.3, 0.4) is 0 Å². The summed E-state index contributed by atoms with van der Waals surface area (Å²) in [5.74, 6) is -2.79. The number of para-hydroxylation sites is 1. The first-order valence-electron chi connectivity index (χ1n) is 6.47. The molecule has 0 heterocycles. The first-order valence-corrected chi connectivity index (χ1v) is 6.47. The molecule has 1 aliphatic carbocycles. The molecule has 20 heavy (non-hydrogen) atoms. The summed E-state index contributed by atoms with van der Waals surface area (Å²) in [5.41, 5.74) is -1.02. The fraction of sp³-hybridized carbons (Fsp3) is 0.500. The van der Waals surface area contributed by atoms with Gasteiger partial charge in [0.2, 0.25) is 0 Å². The van der Waals surface area contributed by atoms with E-state index in [4.69, 9.17) is 0 Å². The topological polar surface area (TPSA) is 49.3 Å². The summed E-state index contributed by atoms with van der Waals surface area (Å²) < 4.78 is 38.6. The zero-order chi connectivity index (χ0) is 14.8. The Hall–Kier alpha value is -1.72. The van der Waals surface area contributed by atoms with Crippen LogP contribution in [0.1, 0.15) is 25.7 Å². The van der Waals surface area contributed by atoms with Gasteiger partial charge in [-0.05, 0) is 37.8 Å². The Morgan fingerprint density at radius 2 is 1.95 bits per heavy atom. The number of anilines is 1. The van der Waals surface area contributed by atoms with E-state index in [0.717, 1.165) is 0 Å². The monoisotopic (exact) mass is 287 g/mol. The fourth-order valence-corrected chi connectivity index (χ4v) is 2.71. The molecule has 1 aliphatic rings. The van der Waals surface area contributed by atoms with Crippen LogP contribution in [-0.4, -0.2) is 22.8 Å². The van der Waals surface area contributed by atoms with E-state index in [9.17, 15) is 23.1 Å². The number of hydrogen-bond donors (Lipinski definition) is 2. The summed E-state index contributed by atoms with van der Waals surface area (Å²) in [5, 5.41) is 12.2. The Balaban J connectivity index is 2.24. The number of carbonyl (C=O) groups is 1. The molecule has 1 saturated carbocycles. The lowest BCUT2D eigenvalue weighted by Gasteiger charge is -2.39. The molecule has 1 fully saturated rings. The van der Waals surface area contributed by atoms with Crippen molar-refractivity contribution in [1.29, 1.82) is 0 Å². The molecule has 2 atom stereocenters. The first-order chi connectivity index (χ1) is 9.33. The van der Waals surface area contributed by atoms with Gasteiger partial charge in [-0.1, -0.05) is 18.2 Å². The third kappa shape index (κ3) is 3.05. The van der Waals surface area contributed by atoms with E-state index in [-0.39, 0.29) is 19.3 Å². The van der Waals surface area contributed by atoms with Crippen LogP contribution in [0.5, 0.6) is 0 Å². The first kappa shape index (κ1) is 14.7. The third-order valence-corrected chi connectivity index (χ3v) is 3.78. The number of hydrogen-bond acceptors (Lipinski definition) is 2. The van der Waals surface area contributed by atoms with Gasteiger partial charge in [-0.25, -0.2) is 4.79 Å². The Morgan fingerprint density at radius 1 is 1.30 bits per heavy atom. The highest BCUT2D eigenvalue weighted by Crippen LogP contribution is 2.43. The summed E-state index contributed by atoms with van der Waals surface area (Å²) in [6.45, 7) is 0. The number of benzene rings is 1. The lowest BCUT2D eigenvalue weighted by molar-refractivity contribution is -0.188. The standard InChI is InChI=1S/C14H16F3NO2/c15-14(16,17)10-5-4-8-13(9-10,12(19)20)18-11-6-2-1-3-7-11/h1-3,6-7,10,18H,4-5,8-9H2,(H,19,20). The zero-order valence-corrected chi connectivity index (χ0v) is 10.8. The highest BCUT2D eigenvalue weighted by atomic mass is 19.4. The molecule has 0 amide bonds. The van der Waals surface area contributed by atoms with Crippen LogP contribution in [0.2, 0.25) is 0 Å². The molecule has 2 rings (SSSR count). The maximum atomic E-state index is 12.9. The van der Waals surface area contributed by atoms with Gasteiger partial charge in [0.05, 0.1) is 5.92 Å². The van der Waals surface area contributed by atoms with Gasteiger partial charge in [-0.2, -0.15) is 13.2 Å². The SMILES string of the molecule is O=C(O)C1(Nc2ccccc2)CCCC(C(F)(F)F)C1. The summed E-state index contributed by atoms with van der Waals surface area (Å²) in [6.07, 6.45) is -4.34. The van der Waals surface area contributed by atoms with Crippen LogP contribution in [0.15, 0.2) is 30.3 Å². The Bertz CT molecular complexity index is 475. The second-order valence-corrected chi connectivity index (χ2v) is 5.21. The molecule has 3 nitrogen and oxygen atoms in total. The van der Waals surface area contributed by atoms with Gasteiger partial charge in [0.25, 0.3) is 0 Å². The van der Waals surface area contributed by atoms with E-state index < -0.39 is 30.0 Å². The highest BCUT2D eigenvalue weighted by molar-refractivity contribution is 5.83. The van der Waals surface area contributed by atoms with Crippen LogP contribution in [0, 0.1) is 5.92 Å². The van der Waals surface area contributed by atoms with Crippen molar-refractivity contribution < 1.29 is 23.1 Å². The maximum absolute atomic E-state index is 12.9. The minimum absolute atomic E-state index is 0.00496. The number of alkyl halides is 3. The van der Waals surface area contributed by atoms with Crippen LogP contribution >= 0.6 is 0 Å². The minimum Gasteiger partial charge on any atom is -0.480 e. The van der Waals surface area contributed by atoms with Gasteiger partial charge in [-0.15, -0.1) is 0 Å². The summed E-state index contributed by atoms with van der Waals surface area (Å²) in [6, 6.07) is 8.49. The Labute approximate surface area is 114 Å². The average Bonchev–Trinajstić information content (AvgIpc) is 2.39. The molecular formula is C14H16F3NO2. The van der Waals surface area contributed by atoms with Crippen LogP contribution in [0.25, 0.3) is 0 Å². The van der Waals surface area contributed by atoms with Gasteiger partial charge in [0.15, 0.2) is 0 Å². The normalized spacial score (nSPS) is 27.1. The van der Waals surface area contributed by atoms with Crippen LogP contribution < -0.4 is 5.32 Å². The smallest absolute Gasteiger partial charge is 0.391 e. The van der Waals surface area contributed by atoms with Gasteiger partial charge in [0.1, 0.15) is 5.54 Å². The molecule has 110 valence electrons. The molecular weight excluding hydrogens is 271 g/mol. The van der Waals surface area contributed by atoms with E-state index >= 15 is 0 Å². The van der Waals surface area contributed by atoms with Gasteiger partial charge in [0, 0.05) is 5.69 Å². The number of carboxylic acids is 1. The third-order valence-electron chi connectivity index (χ3n) is 3.78. The zero-order valence-electron chi connectivity index (χ0n) is 10.8. The van der Waals surface area contributed by atoms with E-state index in [2.05, 4.69) is 5.32 Å². The van der Waals surface area contributed by atoms with Crippen molar-refractivity contribution >= 4 is 11.7 Å². The number of carboxylic acid groups (broad SMARTS) is 1. The van der Waals surface area contributed by atoms with Crippen molar-refractivity contribution in [3.8, 4) is 0 Å². The molecule has 0 spiro atoms. The van der Waals surface area contributed by atoms with Crippen LogP contribution in [0.4, 0.5) is 18.9 Å². The number of rotatable bonds is 3. The van der Waals surface area contributed by atoms with Crippen molar-refractivity contribution in [2.75, 3.05) is 5.32 Å². The van der Waals surface area contributed by atoms with Crippen molar-refractivity contribution in [3.63, 3.8) is 0 Å². The van der Waals surface area contributed by atoms with Crippen LogP contribution in [-0.2, 0) is 4.79 Å². The number of nitrogens with one attached hydrogen (secondary N) is 1. The summed E-state index contributed by atoms with van der Waals surface area (Å²) >= 11 is 0. The summed E-state index contributed by atoms with van der Waals surface area (Å²) in [4.78, 5) is 11.5. The maximum Gasteiger partial charge on any atom is 0.391 e. The molecule has 1 aromatic rings. The largest absolute Gasteiger partial charge is 0.480 e. The molecule has 1 aromatic carbocycles. The molecule has 0 radical (unpaired) electrons. The highest BCUT2D eigenvalue weighted by Gasteiger charge is 2.51. The Kier molecular flexibility index (Phi) is 3.92. The van der Waals surface area contributed by atoms with E-state index in [1.807, 2.05) is 0 Å². The van der Waals surface area contributed by atoms with Crippen molar-refractivity contribution in [3.05, 3.63) is 30.3 Å². The number of halogens is 3. The van der Waals surface area contributed by atoms with Crippen molar-refractivity contribution in [2.24, 2.45) is 5.92 Å². The molecule has 0 aliphatic heterocycles. The van der Waals surface area contributed by atoms with Crippen molar-refractivity contribution in [2.45, 2.75) is 37.4 Å². The molecule has 2 unspecified atom stereocenters. The molecule has 0 bridgehead atoms. The predicted molar refractivity (Wildman–Crippen MR) is 68.4 cm³/mol.